The standard InChI is InChI=1S/C16H26O2/c1-3-4-5-6-13-18-14-7-8-15-9-11-16(17-2)12-10-15/h9-12H,3-8,13-14H2,1-2H3. The first kappa shape index (κ1) is 15.0. The summed E-state index contributed by atoms with van der Waals surface area (Å²) >= 11 is 0. The molecule has 2 heteroatoms. The highest BCUT2D eigenvalue weighted by Gasteiger charge is 1.95. The Labute approximate surface area is 111 Å². The molecule has 2 nitrogen and oxygen atoms in total. The molecule has 0 aliphatic carbocycles. The van der Waals surface area contributed by atoms with Gasteiger partial charge in [-0.05, 0) is 37.0 Å². The van der Waals surface area contributed by atoms with Crippen LogP contribution in [0.5, 0.6) is 5.75 Å². The van der Waals surface area contributed by atoms with Crippen LogP contribution in [0.25, 0.3) is 0 Å². The predicted molar refractivity (Wildman–Crippen MR) is 76.3 cm³/mol. The molecule has 0 N–H and O–H groups in total. The van der Waals surface area contributed by atoms with Gasteiger partial charge >= 0.3 is 0 Å². The second-order valence-electron chi connectivity index (χ2n) is 4.62. The first-order valence-electron chi connectivity index (χ1n) is 7.07. The normalized spacial score (nSPS) is 10.6. The van der Waals surface area contributed by atoms with Gasteiger partial charge < -0.3 is 9.47 Å². The SMILES string of the molecule is CCCCCCOCCCc1ccc(OC)cc1. The van der Waals surface area contributed by atoms with E-state index in [4.69, 9.17) is 9.47 Å². The van der Waals surface area contributed by atoms with Gasteiger partial charge in [-0.2, -0.15) is 0 Å². The van der Waals surface area contributed by atoms with E-state index in [9.17, 15) is 0 Å². The number of aryl methyl sites for hydroxylation is 1. The topological polar surface area (TPSA) is 18.5 Å². The molecule has 18 heavy (non-hydrogen) atoms. The van der Waals surface area contributed by atoms with Crippen LogP contribution in [0.3, 0.4) is 0 Å². The molecule has 0 amide bonds. The van der Waals surface area contributed by atoms with Crippen LogP contribution < -0.4 is 4.74 Å². The Hall–Kier alpha value is -1.02. The Bertz CT molecular complexity index is 292. The van der Waals surface area contributed by atoms with Crippen molar-refractivity contribution in [2.45, 2.75) is 45.4 Å². The molecular formula is C16H26O2. The van der Waals surface area contributed by atoms with Gasteiger partial charge in [0.2, 0.25) is 0 Å². The molecule has 0 aromatic heterocycles. The van der Waals surface area contributed by atoms with E-state index >= 15 is 0 Å². The Morgan fingerprint density at radius 1 is 0.889 bits per heavy atom. The van der Waals surface area contributed by atoms with Crippen LogP contribution >= 0.6 is 0 Å². The van der Waals surface area contributed by atoms with E-state index in [0.717, 1.165) is 31.8 Å². The summed E-state index contributed by atoms with van der Waals surface area (Å²) in [5, 5.41) is 0. The van der Waals surface area contributed by atoms with Crippen molar-refractivity contribution in [2.24, 2.45) is 0 Å². The molecular weight excluding hydrogens is 224 g/mol. The smallest absolute Gasteiger partial charge is 0.118 e. The average Bonchev–Trinajstić information content (AvgIpc) is 2.42. The summed E-state index contributed by atoms with van der Waals surface area (Å²) in [4.78, 5) is 0. The van der Waals surface area contributed by atoms with Crippen LogP contribution in [-0.2, 0) is 11.2 Å². The lowest BCUT2D eigenvalue weighted by Gasteiger charge is -2.05. The van der Waals surface area contributed by atoms with Crippen molar-refractivity contribution < 1.29 is 9.47 Å². The first-order chi connectivity index (χ1) is 8.86. The van der Waals surface area contributed by atoms with Crippen molar-refractivity contribution in [3.63, 3.8) is 0 Å². The van der Waals surface area contributed by atoms with E-state index < -0.39 is 0 Å². The average molecular weight is 250 g/mol. The van der Waals surface area contributed by atoms with E-state index in [1.54, 1.807) is 7.11 Å². The summed E-state index contributed by atoms with van der Waals surface area (Å²) in [5.74, 6) is 0.922. The Kier molecular flexibility index (Phi) is 8.32. The van der Waals surface area contributed by atoms with Gasteiger partial charge in [0, 0.05) is 13.2 Å². The molecule has 102 valence electrons. The molecule has 0 radical (unpaired) electrons. The third kappa shape index (κ3) is 6.65. The molecule has 0 unspecified atom stereocenters. The molecule has 0 saturated carbocycles. The molecule has 1 aromatic carbocycles. The number of hydrogen-bond acceptors (Lipinski definition) is 2. The van der Waals surface area contributed by atoms with E-state index in [1.165, 1.54) is 31.2 Å². The summed E-state index contributed by atoms with van der Waals surface area (Å²) in [6.45, 7) is 4.02. The number of hydrogen-bond donors (Lipinski definition) is 0. The van der Waals surface area contributed by atoms with Crippen LogP contribution in [0.15, 0.2) is 24.3 Å². The highest BCUT2D eigenvalue weighted by Crippen LogP contribution is 2.12. The van der Waals surface area contributed by atoms with E-state index in [-0.39, 0.29) is 0 Å². The molecule has 1 aromatic rings. The maximum absolute atomic E-state index is 5.62. The quantitative estimate of drug-likeness (QED) is 0.579. The van der Waals surface area contributed by atoms with Crippen molar-refractivity contribution >= 4 is 0 Å². The summed E-state index contributed by atoms with van der Waals surface area (Å²) in [6, 6.07) is 8.28. The van der Waals surface area contributed by atoms with E-state index in [2.05, 4.69) is 19.1 Å². The Balaban J connectivity index is 2.00. The Morgan fingerprint density at radius 2 is 1.61 bits per heavy atom. The predicted octanol–water partition coefficient (Wildman–Crippen LogP) is 4.22. The molecule has 1 rings (SSSR count). The molecule has 0 spiro atoms. The maximum atomic E-state index is 5.62. The fourth-order valence-corrected chi connectivity index (χ4v) is 1.90. The molecule has 0 fully saturated rings. The first-order valence-corrected chi connectivity index (χ1v) is 7.07. The lowest BCUT2D eigenvalue weighted by molar-refractivity contribution is 0.128. The molecule has 0 heterocycles. The van der Waals surface area contributed by atoms with E-state index in [0.29, 0.717) is 0 Å². The number of rotatable bonds is 10. The zero-order chi connectivity index (χ0) is 13.1. The highest BCUT2D eigenvalue weighted by molar-refractivity contribution is 5.27. The lowest BCUT2D eigenvalue weighted by Crippen LogP contribution is -1.99. The number of ether oxygens (including phenoxy) is 2. The summed E-state index contributed by atoms with van der Waals surface area (Å²) < 4.78 is 10.8. The summed E-state index contributed by atoms with van der Waals surface area (Å²) in [7, 11) is 1.70. The van der Waals surface area contributed by atoms with Crippen molar-refractivity contribution in [1.29, 1.82) is 0 Å². The van der Waals surface area contributed by atoms with Gasteiger partial charge in [-0.1, -0.05) is 38.3 Å². The van der Waals surface area contributed by atoms with Gasteiger partial charge in [-0.25, -0.2) is 0 Å². The van der Waals surface area contributed by atoms with Gasteiger partial charge in [-0.3, -0.25) is 0 Å². The monoisotopic (exact) mass is 250 g/mol. The zero-order valence-corrected chi connectivity index (χ0v) is 11.8. The van der Waals surface area contributed by atoms with Gasteiger partial charge in [0.25, 0.3) is 0 Å². The van der Waals surface area contributed by atoms with Crippen molar-refractivity contribution in [3.05, 3.63) is 29.8 Å². The van der Waals surface area contributed by atoms with Crippen molar-refractivity contribution in [3.8, 4) is 5.75 Å². The van der Waals surface area contributed by atoms with Gasteiger partial charge in [0.05, 0.1) is 7.11 Å². The van der Waals surface area contributed by atoms with Gasteiger partial charge in [0.15, 0.2) is 0 Å². The minimum atomic E-state index is 0.873. The summed E-state index contributed by atoms with van der Waals surface area (Å²) in [6.07, 6.45) is 7.30. The molecule has 0 aliphatic heterocycles. The largest absolute Gasteiger partial charge is 0.497 e. The maximum Gasteiger partial charge on any atom is 0.118 e. The minimum Gasteiger partial charge on any atom is -0.497 e. The van der Waals surface area contributed by atoms with Crippen LogP contribution in [-0.4, -0.2) is 20.3 Å². The van der Waals surface area contributed by atoms with Gasteiger partial charge in [0.1, 0.15) is 5.75 Å². The molecule has 0 aliphatic rings. The highest BCUT2D eigenvalue weighted by atomic mass is 16.5. The number of methoxy groups -OCH3 is 1. The third-order valence-electron chi connectivity index (χ3n) is 3.06. The lowest BCUT2D eigenvalue weighted by atomic mass is 10.1. The number of unbranched alkanes of at least 4 members (excludes halogenated alkanes) is 3. The van der Waals surface area contributed by atoms with Crippen molar-refractivity contribution in [1.82, 2.24) is 0 Å². The second-order valence-corrected chi connectivity index (χ2v) is 4.62. The minimum absolute atomic E-state index is 0.873. The molecule has 0 atom stereocenters. The number of benzene rings is 1. The van der Waals surface area contributed by atoms with Crippen LogP contribution in [0.2, 0.25) is 0 Å². The van der Waals surface area contributed by atoms with E-state index in [1.807, 2.05) is 12.1 Å². The zero-order valence-electron chi connectivity index (χ0n) is 11.8. The van der Waals surface area contributed by atoms with Crippen LogP contribution in [0.4, 0.5) is 0 Å². The van der Waals surface area contributed by atoms with Crippen LogP contribution in [0.1, 0.15) is 44.6 Å². The van der Waals surface area contributed by atoms with Gasteiger partial charge in [-0.15, -0.1) is 0 Å². The Morgan fingerprint density at radius 3 is 2.28 bits per heavy atom. The molecule has 0 bridgehead atoms. The summed E-state index contributed by atoms with van der Waals surface area (Å²) in [5.41, 5.74) is 1.35. The second kappa shape index (κ2) is 9.95. The molecule has 0 saturated heterocycles. The van der Waals surface area contributed by atoms with Crippen molar-refractivity contribution in [2.75, 3.05) is 20.3 Å². The van der Waals surface area contributed by atoms with Crippen LogP contribution in [0, 0.1) is 0 Å². The fraction of sp³-hybridized carbons (Fsp3) is 0.625. The fourth-order valence-electron chi connectivity index (χ4n) is 1.90. The third-order valence-corrected chi connectivity index (χ3v) is 3.06.